The first-order chi connectivity index (χ1) is 9.31. The van der Waals surface area contributed by atoms with Crippen molar-refractivity contribution in [3.63, 3.8) is 0 Å². The van der Waals surface area contributed by atoms with E-state index in [4.69, 9.17) is 10.3 Å². The van der Waals surface area contributed by atoms with Gasteiger partial charge in [0, 0.05) is 11.6 Å². The van der Waals surface area contributed by atoms with Gasteiger partial charge in [-0.3, -0.25) is 0 Å². The number of nitrogen functional groups attached to an aromatic ring is 1. The molecule has 4 heteroatoms. The van der Waals surface area contributed by atoms with Crippen LogP contribution in [0.1, 0.15) is 37.4 Å². The van der Waals surface area contributed by atoms with Crippen LogP contribution in [0.3, 0.4) is 0 Å². The van der Waals surface area contributed by atoms with E-state index in [0.29, 0.717) is 17.5 Å². The molecule has 0 radical (unpaired) electrons. The van der Waals surface area contributed by atoms with Gasteiger partial charge in [-0.05, 0) is 43.2 Å². The molecule has 2 aliphatic rings. The molecule has 1 heterocycles. The molecule has 1 aromatic carbocycles. The molecule has 4 nitrogen and oxygen atoms in total. The van der Waals surface area contributed by atoms with Crippen LogP contribution < -0.4 is 5.73 Å². The molecule has 1 aromatic heterocycles. The van der Waals surface area contributed by atoms with Crippen LogP contribution in [-0.4, -0.2) is 10.1 Å². The third-order valence-corrected chi connectivity index (χ3v) is 4.70. The van der Waals surface area contributed by atoms with E-state index in [2.05, 4.69) is 10.1 Å². The zero-order valence-corrected chi connectivity index (χ0v) is 10.7. The predicted octanol–water partition coefficient (Wildman–Crippen LogP) is 3.22. The maximum Gasteiger partial charge on any atom is 0.260 e. The number of aromatic nitrogens is 2. The Morgan fingerprint density at radius 2 is 2.05 bits per heavy atom. The summed E-state index contributed by atoms with van der Waals surface area (Å²) in [5.41, 5.74) is 7.47. The minimum Gasteiger partial charge on any atom is -0.398 e. The summed E-state index contributed by atoms with van der Waals surface area (Å²) in [7, 11) is 0. The lowest BCUT2D eigenvalue weighted by atomic mass is 9.88. The number of nitrogens with two attached hydrogens (primary N) is 1. The van der Waals surface area contributed by atoms with Crippen LogP contribution in [0.25, 0.3) is 11.5 Å². The Bertz CT molecular complexity index is 607. The van der Waals surface area contributed by atoms with Gasteiger partial charge in [0.25, 0.3) is 5.89 Å². The Morgan fingerprint density at radius 3 is 2.79 bits per heavy atom. The first-order valence-electron chi connectivity index (χ1n) is 7.00. The smallest absolute Gasteiger partial charge is 0.260 e. The summed E-state index contributed by atoms with van der Waals surface area (Å²) in [4.78, 5) is 4.58. The highest BCUT2D eigenvalue weighted by atomic mass is 16.5. The van der Waals surface area contributed by atoms with Crippen LogP contribution in [0, 0.1) is 11.8 Å². The van der Waals surface area contributed by atoms with Crippen molar-refractivity contribution in [2.24, 2.45) is 11.8 Å². The first kappa shape index (κ1) is 11.0. The molecule has 2 aliphatic carbocycles. The molecule has 98 valence electrons. The van der Waals surface area contributed by atoms with Gasteiger partial charge in [-0.25, -0.2) is 0 Å². The molecule has 0 aliphatic heterocycles. The largest absolute Gasteiger partial charge is 0.398 e. The Hall–Kier alpha value is -1.84. The van der Waals surface area contributed by atoms with E-state index in [0.717, 1.165) is 23.2 Å². The molecule has 0 amide bonds. The summed E-state index contributed by atoms with van der Waals surface area (Å²) >= 11 is 0. The lowest BCUT2D eigenvalue weighted by Gasteiger charge is -2.17. The van der Waals surface area contributed by atoms with Crippen molar-refractivity contribution in [3.05, 3.63) is 30.1 Å². The SMILES string of the molecule is Nc1ccccc1-c1nc(C2CC3CCC2C3)no1. The predicted molar refractivity (Wildman–Crippen MR) is 72.3 cm³/mol. The molecule has 4 rings (SSSR count). The molecule has 2 N–H and O–H groups in total. The van der Waals surface area contributed by atoms with Gasteiger partial charge in [0.15, 0.2) is 5.82 Å². The molecular formula is C15H17N3O. The fraction of sp³-hybridized carbons (Fsp3) is 0.467. The lowest BCUT2D eigenvalue weighted by molar-refractivity contribution is 0.372. The highest BCUT2D eigenvalue weighted by molar-refractivity contribution is 5.69. The van der Waals surface area contributed by atoms with E-state index in [9.17, 15) is 0 Å². The van der Waals surface area contributed by atoms with E-state index in [1.165, 1.54) is 25.7 Å². The minimum absolute atomic E-state index is 0.501. The average molecular weight is 255 g/mol. The van der Waals surface area contributed by atoms with Gasteiger partial charge in [-0.2, -0.15) is 4.98 Å². The van der Waals surface area contributed by atoms with Crippen molar-refractivity contribution in [2.75, 3.05) is 5.73 Å². The Morgan fingerprint density at radius 1 is 1.16 bits per heavy atom. The van der Waals surface area contributed by atoms with Gasteiger partial charge in [0.2, 0.25) is 0 Å². The zero-order valence-electron chi connectivity index (χ0n) is 10.7. The molecule has 0 saturated heterocycles. The zero-order chi connectivity index (χ0) is 12.8. The molecule has 2 fully saturated rings. The number of rotatable bonds is 2. The number of anilines is 1. The molecule has 2 aromatic rings. The number of hydrogen-bond donors (Lipinski definition) is 1. The number of benzene rings is 1. The van der Waals surface area contributed by atoms with Gasteiger partial charge >= 0.3 is 0 Å². The highest BCUT2D eigenvalue weighted by Crippen LogP contribution is 2.52. The van der Waals surface area contributed by atoms with Crippen LogP contribution in [0.2, 0.25) is 0 Å². The van der Waals surface area contributed by atoms with Crippen molar-refractivity contribution in [3.8, 4) is 11.5 Å². The van der Waals surface area contributed by atoms with Gasteiger partial charge in [0.1, 0.15) is 0 Å². The fourth-order valence-electron chi connectivity index (χ4n) is 3.75. The van der Waals surface area contributed by atoms with Crippen LogP contribution in [-0.2, 0) is 0 Å². The van der Waals surface area contributed by atoms with Gasteiger partial charge in [-0.15, -0.1) is 0 Å². The molecule has 0 spiro atoms. The molecule has 19 heavy (non-hydrogen) atoms. The Labute approximate surface area is 112 Å². The van der Waals surface area contributed by atoms with Gasteiger partial charge in [-0.1, -0.05) is 23.7 Å². The van der Waals surface area contributed by atoms with E-state index in [1.54, 1.807) is 0 Å². The third-order valence-electron chi connectivity index (χ3n) is 4.70. The van der Waals surface area contributed by atoms with E-state index >= 15 is 0 Å². The van der Waals surface area contributed by atoms with Crippen LogP contribution in [0.4, 0.5) is 5.69 Å². The second-order valence-corrected chi connectivity index (χ2v) is 5.83. The second kappa shape index (κ2) is 4.08. The van der Waals surface area contributed by atoms with Crippen LogP contribution >= 0.6 is 0 Å². The van der Waals surface area contributed by atoms with Crippen molar-refractivity contribution < 1.29 is 4.52 Å². The number of fused-ring (bicyclic) bond motifs is 2. The molecule has 2 saturated carbocycles. The summed E-state index contributed by atoms with van der Waals surface area (Å²) in [6.07, 6.45) is 5.29. The average Bonchev–Trinajstić information content (AvgIpc) is 3.15. The summed E-state index contributed by atoms with van der Waals surface area (Å²) < 4.78 is 5.41. The molecule has 2 bridgehead atoms. The Kier molecular flexibility index (Phi) is 2.37. The number of hydrogen-bond acceptors (Lipinski definition) is 4. The maximum absolute atomic E-state index is 5.95. The highest BCUT2D eigenvalue weighted by Gasteiger charge is 2.42. The van der Waals surface area contributed by atoms with E-state index in [1.807, 2.05) is 24.3 Å². The van der Waals surface area contributed by atoms with Crippen LogP contribution in [0.5, 0.6) is 0 Å². The topological polar surface area (TPSA) is 64.9 Å². The summed E-state index contributed by atoms with van der Waals surface area (Å²) in [5.74, 6) is 3.59. The summed E-state index contributed by atoms with van der Waals surface area (Å²) in [5, 5.41) is 4.19. The number of para-hydroxylation sites is 1. The maximum atomic E-state index is 5.95. The van der Waals surface area contributed by atoms with Crippen molar-refractivity contribution in [1.82, 2.24) is 10.1 Å². The van der Waals surface area contributed by atoms with Crippen molar-refractivity contribution in [2.45, 2.75) is 31.6 Å². The van der Waals surface area contributed by atoms with E-state index in [-0.39, 0.29) is 0 Å². The monoisotopic (exact) mass is 255 g/mol. The number of nitrogens with zero attached hydrogens (tertiary/aromatic N) is 2. The summed E-state index contributed by atoms with van der Waals surface area (Å²) in [6, 6.07) is 7.63. The lowest BCUT2D eigenvalue weighted by Crippen LogP contribution is -2.09. The second-order valence-electron chi connectivity index (χ2n) is 5.83. The molecular weight excluding hydrogens is 238 g/mol. The quantitative estimate of drug-likeness (QED) is 0.837. The van der Waals surface area contributed by atoms with Gasteiger partial charge < -0.3 is 10.3 Å². The van der Waals surface area contributed by atoms with Gasteiger partial charge in [0.05, 0.1) is 5.56 Å². The normalized spacial score (nSPS) is 28.9. The Balaban J connectivity index is 1.65. The molecule has 3 atom stereocenters. The minimum atomic E-state index is 0.501. The standard InChI is InChI=1S/C15H17N3O/c16-13-4-2-1-3-11(13)15-17-14(18-19-15)12-8-9-5-6-10(12)7-9/h1-4,9-10,12H,5-8,16H2. The first-order valence-corrected chi connectivity index (χ1v) is 7.00. The van der Waals surface area contributed by atoms with Crippen molar-refractivity contribution in [1.29, 1.82) is 0 Å². The fourth-order valence-corrected chi connectivity index (χ4v) is 3.75. The van der Waals surface area contributed by atoms with Crippen molar-refractivity contribution >= 4 is 5.69 Å². The molecule has 3 unspecified atom stereocenters. The van der Waals surface area contributed by atoms with Crippen LogP contribution in [0.15, 0.2) is 28.8 Å². The summed E-state index contributed by atoms with van der Waals surface area (Å²) in [6.45, 7) is 0. The van der Waals surface area contributed by atoms with E-state index < -0.39 is 0 Å². The third kappa shape index (κ3) is 1.74.